The minimum absolute atomic E-state index is 0.269. The normalized spacial score (nSPS) is 19.3. The molecule has 1 saturated heterocycles. The second kappa shape index (κ2) is 6.00. The Morgan fingerprint density at radius 3 is 2.80 bits per heavy atom. The third-order valence-corrected chi connectivity index (χ3v) is 3.67. The van der Waals surface area contributed by atoms with E-state index in [1.807, 2.05) is 25.1 Å². The van der Waals surface area contributed by atoms with Crippen LogP contribution >= 0.6 is 0 Å². The second-order valence-corrected chi connectivity index (χ2v) is 5.41. The van der Waals surface area contributed by atoms with Gasteiger partial charge in [-0.2, -0.15) is 0 Å². The van der Waals surface area contributed by atoms with Gasteiger partial charge < -0.3 is 21.0 Å². The third-order valence-electron chi connectivity index (χ3n) is 3.67. The van der Waals surface area contributed by atoms with E-state index in [1.54, 1.807) is 0 Å². The molecule has 0 radical (unpaired) electrons. The zero-order chi connectivity index (χ0) is 14.7. The molecule has 1 atom stereocenters. The van der Waals surface area contributed by atoms with E-state index in [0.717, 1.165) is 30.8 Å². The maximum absolute atomic E-state index is 5.88. The number of nitrogens with two attached hydrogens (primary N) is 2. The largest absolute Gasteiger partial charge is 0.370 e. The molecular weight excluding hydrogens is 252 g/mol. The lowest BCUT2D eigenvalue weighted by Gasteiger charge is -2.20. The van der Waals surface area contributed by atoms with Gasteiger partial charge in [0.1, 0.15) is 0 Å². The SMILES string of the molecule is Cc1cc(N2CCC(N=C(N)N(C)C)C2)ccc1NN. The number of hydrogen-bond acceptors (Lipinski definition) is 4. The minimum atomic E-state index is 0.269. The van der Waals surface area contributed by atoms with Crippen molar-refractivity contribution in [3.05, 3.63) is 23.8 Å². The number of hydrogen-bond donors (Lipinski definition) is 3. The molecule has 0 amide bonds. The first-order valence-corrected chi connectivity index (χ1v) is 6.84. The topological polar surface area (TPSA) is 82.9 Å². The molecule has 1 unspecified atom stereocenters. The molecule has 1 aliphatic rings. The number of aryl methyl sites for hydroxylation is 1. The first-order chi connectivity index (χ1) is 9.51. The molecule has 1 aromatic carbocycles. The number of nitrogen functional groups attached to an aromatic ring is 1. The van der Waals surface area contributed by atoms with Crippen LogP contribution in [0.2, 0.25) is 0 Å². The van der Waals surface area contributed by atoms with Gasteiger partial charge in [-0.25, -0.2) is 4.99 Å². The van der Waals surface area contributed by atoms with Crippen LogP contribution in [0.5, 0.6) is 0 Å². The number of guanidine groups is 1. The maximum Gasteiger partial charge on any atom is 0.191 e. The molecule has 1 aromatic rings. The van der Waals surface area contributed by atoms with Crippen molar-refractivity contribution in [3.63, 3.8) is 0 Å². The zero-order valence-electron chi connectivity index (χ0n) is 12.4. The molecule has 0 aromatic heterocycles. The first kappa shape index (κ1) is 14.5. The van der Waals surface area contributed by atoms with E-state index in [9.17, 15) is 0 Å². The minimum Gasteiger partial charge on any atom is -0.370 e. The van der Waals surface area contributed by atoms with Gasteiger partial charge in [0.25, 0.3) is 0 Å². The molecule has 0 bridgehead atoms. The molecular formula is C14H24N6. The molecule has 1 heterocycles. The first-order valence-electron chi connectivity index (χ1n) is 6.84. The molecule has 0 spiro atoms. The van der Waals surface area contributed by atoms with Crippen LogP contribution in [0, 0.1) is 6.92 Å². The highest BCUT2D eigenvalue weighted by atomic mass is 15.2. The van der Waals surface area contributed by atoms with Crippen LogP contribution in [0.15, 0.2) is 23.2 Å². The molecule has 6 nitrogen and oxygen atoms in total. The highest BCUT2D eigenvalue weighted by Gasteiger charge is 2.23. The van der Waals surface area contributed by atoms with Gasteiger partial charge in [0.05, 0.1) is 11.7 Å². The molecule has 20 heavy (non-hydrogen) atoms. The van der Waals surface area contributed by atoms with Crippen molar-refractivity contribution in [1.29, 1.82) is 0 Å². The fourth-order valence-corrected chi connectivity index (χ4v) is 2.39. The lowest BCUT2D eigenvalue weighted by Crippen LogP contribution is -2.32. The monoisotopic (exact) mass is 276 g/mol. The van der Waals surface area contributed by atoms with E-state index < -0.39 is 0 Å². The highest BCUT2D eigenvalue weighted by Crippen LogP contribution is 2.26. The number of anilines is 2. The summed E-state index contributed by atoms with van der Waals surface area (Å²) in [5, 5.41) is 0. The van der Waals surface area contributed by atoms with Gasteiger partial charge in [0, 0.05) is 32.9 Å². The van der Waals surface area contributed by atoms with Crippen molar-refractivity contribution in [2.24, 2.45) is 16.6 Å². The van der Waals surface area contributed by atoms with Crippen molar-refractivity contribution < 1.29 is 0 Å². The van der Waals surface area contributed by atoms with Crippen molar-refractivity contribution >= 4 is 17.3 Å². The smallest absolute Gasteiger partial charge is 0.191 e. The number of nitrogens with one attached hydrogen (secondary N) is 1. The van der Waals surface area contributed by atoms with Gasteiger partial charge in [-0.1, -0.05) is 0 Å². The molecule has 1 aliphatic heterocycles. The Labute approximate surface area is 120 Å². The fourth-order valence-electron chi connectivity index (χ4n) is 2.39. The van der Waals surface area contributed by atoms with Crippen LogP contribution in [0.3, 0.4) is 0 Å². The van der Waals surface area contributed by atoms with Crippen LogP contribution in [-0.4, -0.2) is 44.1 Å². The summed E-state index contributed by atoms with van der Waals surface area (Å²) < 4.78 is 0. The summed E-state index contributed by atoms with van der Waals surface area (Å²) in [6.45, 7) is 3.96. The molecule has 0 saturated carbocycles. The average molecular weight is 276 g/mol. The molecule has 110 valence electrons. The summed E-state index contributed by atoms with van der Waals surface area (Å²) in [6, 6.07) is 6.51. The molecule has 2 rings (SSSR count). The molecule has 0 aliphatic carbocycles. The van der Waals surface area contributed by atoms with Gasteiger partial charge in [-0.3, -0.25) is 5.84 Å². The lowest BCUT2D eigenvalue weighted by atomic mass is 10.1. The molecule has 5 N–H and O–H groups in total. The Kier molecular flexibility index (Phi) is 4.34. The van der Waals surface area contributed by atoms with Crippen molar-refractivity contribution in [2.45, 2.75) is 19.4 Å². The Balaban J connectivity index is 2.06. The fraction of sp³-hybridized carbons (Fsp3) is 0.500. The van der Waals surface area contributed by atoms with E-state index in [0.29, 0.717) is 5.96 Å². The number of hydrazine groups is 1. The van der Waals surface area contributed by atoms with Crippen LogP contribution < -0.4 is 21.9 Å². The van der Waals surface area contributed by atoms with E-state index in [2.05, 4.69) is 34.4 Å². The van der Waals surface area contributed by atoms with Crippen molar-refractivity contribution in [3.8, 4) is 0 Å². The Morgan fingerprint density at radius 2 is 2.20 bits per heavy atom. The Bertz CT molecular complexity index is 496. The van der Waals surface area contributed by atoms with Gasteiger partial charge in [0.2, 0.25) is 0 Å². The van der Waals surface area contributed by atoms with Gasteiger partial charge >= 0.3 is 0 Å². The number of rotatable bonds is 3. The van der Waals surface area contributed by atoms with E-state index in [1.165, 1.54) is 5.69 Å². The van der Waals surface area contributed by atoms with Gasteiger partial charge in [-0.15, -0.1) is 0 Å². The van der Waals surface area contributed by atoms with Gasteiger partial charge in [-0.05, 0) is 37.1 Å². The zero-order valence-corrected chi connectivity index (χ0v) is 12.4. The summed E-state index contributed by atoms with van der Waals surface area (Å²) in [6.07, 6.45) is 1.03. The van der Waals surface area contributed by atoms with E-state index in [4.69, 9.17) is 11.6 Å². The molecule has 1 fully saturated rings. The van der Waals surface area contributed by atoms with Crippen molar-refractivity contribution in [2.75, 3.05) is 37.5 Å². The van der Waals surface area contributed by atoms with Crippen LogP contribution in [0.4, 0.5) is 11.4 Å². The van der Waals surface area contributed by atoms with E-state index >= 15 is 0 Å². The van der Waals surface area contributed by atoms with Gasteiger partial charge in [0.15, 0.2) is 5.96 Å². The number of nitrogens with zero attached hydrogens (tertiary/aromatic N) is 3. The second-order valence-electron chi connectivity index (χ2n) is 5.41. The van der Waals surface area contributed by atoms with Crippen LogP contribution in [0.1, 0.15) is 12.0 Å². The maximum atomic E-state index is 5.88. The Morgan fingerprint density at radius 1 is 1.45 bits per heavy atom. The summed E-state index contributed by atoms with van der Waals surface area (Å²) in [5.41, 5.74) is 11.9. The summed E-state index contributed by atoms with van der Waals surface area (Å²) >= 11 is 0. The standard InChI is InChI=1S/C14H24N6/c1-10-8-12(4-5-13(10)18-16)20-7-6-11(9-20)17-14(15)19(2)3/h4-5,8,11,18H,6-7,9,16H2,1-3H3,(H2,15,17). The quantitative estimate of drug-likeness (QED) is 0.328. The summed E-state index contributed by atoms with van der Waals surface area (Å²) in [4.78, 5) is 8.73. The average Bonchev–Trinajstić information content (AvgIpc) is 2.87. The Hall–Kier alpha value is -1.95. The predicted octanol–water partition coefficient (Wildman–Crippen LogP) is 0.736. The summed E-state index contributed by atoms with van der Waals surface area (Å²) in [7, 11) is 3.82. The number of benzene rings is 1. The highest BCUT2D eigenvalue weighted by molar-refractivity contribution is 5.77. The third kappa shape index (κ3) is 3.14. The van der Waals surface area contributed by atoms with Crippen molar-refractivity contribution in [1.82, 2.24) is 4.90 Å². The number of aliphatic imine (C=N–C) groups is 1. The predicted molar refractivity (Wildman–Crippen MR) is 84.9 cm³/mol. The van der Waals surface area contributed by atoms with Crippen LogP contribution in [0.25, 0.3) is 0 Å². The van der Waals surface area contributed by atoms with E-state index in [-0.39, 0.29) is 6.04 Å². The molecule has 6 heteroatoms. The van der Waals surface area contributed by atoms with Crippen LogP contribution in [-0.2, 0) is 0 Å². The lowest BCUT2D eigenvalue weighted by molar-refractivity contribution is 0.597. The summed E-state index contributed by atoms with van der Waals surface area (Å²) in [5.74, 6) is 6.05.